The van der Waals surface area contributed by atoms with Gasteiger partial charge in [0.15, 0.2) is 0 Å². The summed E-state index contributed by atoms with van der Waals surface area (Å²) in [6, 6.07) is 7.82. The number of aldehydes is 1. The van der Waals surface area contributed by atoms with Crippen molar-refractivity contribution < 1.29 is 13.9 Å². The molecule has 0 N–H and O–H groups in total. The van der Waals surface area contributed by atoms with E-state index in [1.807, 2.05) is 31.2 Å². The lowest BCUT2D eigenvalue weighted by Crippen LogP contribution is -2.02. The second-order valence-corrected chi connectivity index (χ2v) is 4.77. The van der Waals surface area contributed by atoms with Crippen LogP contribution in [-0.4, -0.2) is 28.8 Å². The molecule has 1 aromatic carbocycles. The van der Waals surface area contributed by atoms with E-state index in [-0.39, 0.29) is 0 Å². The zero-order chi connectivity index (χ0) is 13.5. The molecule has 2 aromatic rings. The van der Waals surface area contributed by atoms with Crippen LogP contribution in [0.1, 0.15) is 11.5 Å². The number of para-hydroxylation sites is 1. The normalized spacial score (nSPS) is 10.4. The first kappa shape index (κ1) is 13.6. The van der Waals surface area contributed by atoms with Crippen LogP contribution in [0.2, 0.25) is 0 Å². The van der Waals surface area contributed by atoms with E-state index in [0.29, 0.717) is 29.9 Å². The summed E-state index contributed by atoms with van der Waals surface area (Å²) in [5.41, 5.74) is 1.09. The minimum atomic E-state index is 0.321. The van der Waals surface area contributed by atoms with Gasteiger partial charge in [0.1, 0.15) is 12.0 Å². The summed E-state index contributed by atoms with van der Waals surface area (Å²) in [5, 5.41) is 8.13. The highest BCUT2D eigenvalue weighted by molar-refractivity contribution is 7.99. The molecule has 0 radical (unpaired) electrons. The third-order valence-corrected chi connectivity index (χ3v) is 3.10. The van der Waals surface area contributed by atoms with Crippen molar-refractivity contribution in [1.29, 1.82) is 0 Å². The highest BCUT2D eigenvalue weighted by Gasteiger charge is 2.06. The van der Waals surface area contributed by atoms with Gasteiger partial charge in [-0.2, -0.15) is 0 Å². The molecule has 19 heavy (non-hydrogen) atoms. The molecule has 0 amide bonds. The Kier molecular flexibility index (Phi) is 4.97. The quantitative estimate of drug-likeness (QED) is 0.572. The first-order chi connectivity index (χ1) is 9.29. The first-order valence-corrected chi connectivity index (χ1v) is 6.85. The van der Waals surface area contributed by atoms with E-state index >= 15 is 0 Å². The fourth-order valence-electron chi connectivity index (χ4n) is 1.47. The molecule has 6 heteroatoms. The number of hydrogen-bond donors (Lipinski definition) is 0. The van der Waals surface area contributed by atoms with Gasteiger partial charge in [-0.3, -0.25) is 0 Å². The summed E-state index contributed by atoms with van der Waals surface area (Å²) in [6.07, 6.45) is 1.35. The SMILES string of the molecule is Cc1ccccc1OCCc1nnc(SCC=O)o1. The van der Waals surface area contributed by atoms with Crippen molar-refractivity contribution >= 4 is 18.0 Å². The molecule has 0 bridgehead atoms. The number of rotatable bonds is 7. The number of thioether (sulfide) groups is 1. The van der Waals surface area contributed by atoms with E-state index in [2.05, 4.69) is 10.2 Å². The number of carbonyl (C=O) groups excluding carboxylic acids is 1. The number of carbonyl (C=O) groups is 1. The van der Waals surface area contributed by atoms with Crippen molar-refractivity contribution in [3.05, 3.63) is 35.7 Å². The van der Waals surface area contributed by atoms with Crippen molar-refractivity contribution in [2.75, 3.05) is 12.4 Å². The Morgan fingerprint density at radius 2 is 2.21 bits per heavy atom. The van der Waals surface area contributed by atoms with E-state index in [0.717, 1.165) is 17.6 Å². The van der Waals surface area contributed by atoms with Crippen molar-refractivity contribution in [2.45, 2.75) is 18.6 Å². The summed E-state index contributed by atoms with van der Waals surface area (Å²) in [4.78, 5) is 10.2. The van der Waals surface area contributed by atoms with Crippen LogP contribution in [0.15, 0.2) is 33.9 Å². The minimum Gasteiger partial charge on any atom is -0.493 e. The smallest absolute Gasteiger partial charge is 0.276 e. The van der Waals surface area contributed by atoms with Gasteiger partial charge in [-0.15, -0.1) is 10.2 Å². The molecular formula is C13H14N2O3S. The fraction of sp³-hybridized carbons (Fsp3) is 0.308. The third kappa shape index (κ3) is 4.10. The van der Waals surface area contributed by atoms with Crippen LogP contribution in [0.4, 0.5) is 0 Å². The molecule has 0 spiro atoms. The predicted molar refractivity (Wildman–Crippen MR) is 71.5 cm³/mol. The molecule has 0 aliphatic rings. The molecule has 0 saturated heterocycles. The summed E-state index contributed by atoms with van der Waals surface area (Å²) >= 11 is 1.22. The van der Waals surface area contributed by atoms with E-state index in [4.69, 9.17) is 9.15 Å². The van der Waals surface area contributed by atoms with E-state index in [9.17, 15) is 4.79 Å². The van der Waals surface area contributed by atoms with Crippen molar-refractivity contribution in [3.8, 4) is 5.75 Å². The number of ether oxygens (including phenoxy) is 1. The second-order valence-electron chi connectivity index (χ2n) is 3.80. The molecule has 0 aliphatic carbocycles. The van der Waals surface area contributed by atoms with Crippen LogP contribution in [0.5, 0.6) is 5.75 Å². The van der Waals surface area contributed by atoms with Crippen molar-refractivity contribution in [1.82, 2.24) is 10.2 Å². The van der Waals surface area contributed by atoms with Gasteiger partial charge >= 0.3 is 0 Å². The van der Waals surface area contributed by atoms with Crippen LogP contribution in [-0.2, 0) is 11.2 Å². The third-order valence-electron chi connectivity index (χ3n) is 2.39. The lowest BCUT2D eigenvalue weighted by atomic mass is 10.2. The summed E-state index contributed by atoms with van der Waals surface area (Å²) < 4.78 is 11.0. The monoisotopic (exact) mass is 278 g/mol. The highest BCUT2D eigenvalue weighted by atomic mass is 32.2. The van der Waals surface area contributed by atoms with E-state index < -0.39 is 0 Å². The Bertz CT molecular complexity index is 542. The van der Waals surface area contributed by atoms with Crippen LogP contribution in [0.3, 0.4) is 0 Å². The lowest BCUT2D eigenvalue weighted by Gasteiger charge is -2.06. The van der Waals surface area contributed by atoms with Gasteiger partial charge in [0.2, 0.25) is 5.89 Å². The Morgan fingerprint density at radius 3 is 3.00 bits per heavy atom. The molecule has 100 valence electrons. The average molecular weight is 278 g/mol. The first-order valence-electron chi connectivity index (χ1n) is 5.87. The van der Waals surface area contributed by atoms with E-state index in [1.165, 1.54) is 11.8 Å². The molecule has 2 rings (SSSR count). The average Bonchev–Trinajstić information content (AvgIpc) is 2.86. The summed E-state index contributed by atoms with van der Waals surface area (Å²) in [7, 11) is 0. The van der Waals surface area contributed by atoms with Crippen molar-refractivity contribution in [3.63, 3.8) is 0 Å². The number of aromatic nitrogens is 2. The zero-order valence-corrected chi connectivity index (χ0v) is 11.4. The van der Waals surface area contributed by atoms with Crippen molar-refractivity contribution in [2.24, 2.45) is 0 Å². The molecule has 1 aromatic heterocycles. The van der Waals surface area contributed by atoms with Gasteiger partial charge in [0, 0.05) is 0 Å². The molecule has 0 saturated carbocycles. The molecule has 0 fully saturated rings. The number of benzene rings is 1. The maximum Gasteiger partial charge on any atom is 0.276 e. The molecule has 0 atom stereocenters. The predicted octanol–water partition coefficient (Wildman–Crippen LogP) is 2.29. The van der Waals surface area contributed by atoms with E-state index in [1.54, 1.807) is 0 Å². The summed E-state index contributed by atoms with van der Waals surface area (Å²) in [5.74, 6) is 1.70. The van der Waals surface area contributed by atoms with Gasteiger partial charge in [-0.25, -0.2) is 0 Å². The molecule has 0 unspecified atom stereocenters. The minimum absolute atomic E-state index is 0.321. The molecule has 5 nitrogen and oxygen atoms in total. The second kappa shape index (κ2) is 6.94. The maximum absolute atomic E-state index is 10.2. The van der Waals surface area contributed by atoms with Crippen LogP contribution < -0.4 is 4.74 Å². The van der Waals surface area contributed by atoms with Gasteiger partial charge in [-0.1, -0.05) is 30.0 Å². The summed E-state index contributed by atoms with van der Waals surface area (Å²) in [6.45, 7) is 2.47. The highest BCUT2D eigenvalue weighted by Crippen LogP contribution is 2.17. The lowest BCUT2D eigenvalue weighted by molar-refractivity contribution is -0.105. The Morgan fingerprint density at radius 1 is 1.37 bits per heavy atom. The van der Waals surface area contributed by atoms with Gasteiger partial charge < -0.3 is 13.9 Å². The Balaban J connectivity index is 1.81. The topological polar surface area (TPSA) is 65.2 Å². The van der Waals surface area contributed by atoms with Crippen LogP contribution in [0.25, 0.3) is 0 Å². The number of aryl methyl sites for hydroxylation is 1. The van der Waals surface area contributed by atoms with Crippen LogP contribution in [0, 0.1) is 6.92 Å². The standard InChI is InChI=1S/C13H14N2O3S/c1-10-4-2-3-5-11(10)17-8-6-12-14-15-13(18-12)19-9-7-16/h2-5,7H,6,8-9H2,1H3. The maximum atomic E-state index is 10.2. The Hall–Kier alpha value is -1.82. The van der Waals surface area contributed by atoms with Gasteiger partial charge in [-0.05, 0) is 18.6 Å². The molecular weight excluding hydrogens is 264 g/mol. The van der Waals surface area contributed by atoms with Gasteiger partial charge in [0.25, 0.3) is 5.22 Å². The zero-order valence-electron chi connectivity index (χ0n) is 10.5. The largest absolute Gasteiger partial charge is 0.493 e. The number of nitrogens with zero attached hydrogens (tertiary/aromatic N) is 2. The molecule has 1 heterocycles. The van der Waals surface area contributed by atoms with Crippen LogP contribution >= 0.6 is 11.8 Å². The Labute approximate surface area is 115 Å². The fourth-order valence-corrected chi connectivity index (χ4v) is 1.93. The van der Waals surface area contributed by atoms with Gasteiger partial charge in [0.05, 0.1) is 18.8 Å². The number of hydrogen-bond acceptors (Lipinski definition) is 6. The molecule has 0 aliphatic heterocycles.